The van der Waals surface area contributed by atoms with Gasteiger partial charge in [-0.15, -0.1) is 0 Å². The average Bonchev–Trinajstić information content (AvgIpc) is 2.88. The maximum atomic E-state index is 4.66. The van der Waals surface area contributed by atoms with E-state index in [1.54, 1.807) is 0 Å². The average molecular weight is 336 g/mol. The van der Waals surface area contributed by atoms with Crippen molar-refractivity contribution < 1.29 is 0 Å². The van der Waals surface area contributed by atoms with Crippen LogP contribution in [0.5, 0.6) is 0 Å². The van der Waals surface area contributed by atoms with Crippen LogP contribution in [0.25, 0.3) is 0 Å². The zero-order valence-electron chi connectivity index (χ0n) is 11.9. The minimum absolute atomic E-state index is 0.636. The highest BCUT2D eigenvalue weighted by atomic mass is 79.9. The van der Waals surface area contributed by atoms with Crippen LogP contribution < -0.4 is 0 Å². The Kier molecular flexibility index (Phi) is 8.35. The molecule has 0 fully saturated rings. The quantitative estimate of drug-likeness (QED) is 0.635. The van der Waals surface area contributed by atoms with Gasteiger partial charge in [0.15, 0.2) is 5.17 Å². The van der Waals surface area contributed by atoms with Gasteiger partial charge < -0.3 is 9.80 Å². The van der Waals surface area contributed by atoms with Crippen LogP contribution in [0.3, 0.4) is 0 Å². The fourth-order valence-corrected chi connectivity index (χ4v) is 3.70. The van der Waals surface area contributed by atoms with Crippen LogP contribution in [0, 0.1) is 0 Å². The molecule has 0 saturated heterocycles. The van der Waals surface area contributed by atoms with E-state index in [-0.39, 0.29) is 0 Å². The minimum atomic E-state index is 0.636. The number of rotatable bonds is 8. The first-order chi connectivity index (χ1) is 8.74. The summed E-state index contributed by atoms with van der Waals surface area (Å²) in [6, 6.07) is 0. The Bertz CT molecular complexity index is 257. The lowest BCUT2D eigenvalue weighted by atomic mass is 10.3. The number of nitrogens with zero attached hydrogens (tertiary/aromatic N) is 3. The topological polar surface area (TPSA) is 18.8 Å². The van der Waals surface area contributed by atoms with Crippen LogP contribution >= 0.6 is 27.7 Å². The lowest BCUT2D eigenvalue weighted by Crippen LogP contribution is -2.32. The van der Waals surface area contributed by atoms with Crippen LogP contribution in [0.15, 0.2) is 4.99 Å². The summed E-state index contributed by atoms with van der Waals surface area (Å²) in [5.74, 6) is 0. The molecular formula is C13H26BrN3S. The largest absolute Gasteiger partial charge is 0.352 e. The number of amidine groups is 1. The highest BCUT2D eigenvalue weighted by Gasteiger charge is 2.22. The molecule has 0 bridgehead atoms. The molecule has 1 heterocycles. The molecule has 0 radical (unpaired) electrons. The summed E-state index contributed by atoms with van der Waals surface area (Å²) in [4.78, 5) is 9.57. The Balaban J connectivity index is 2.30. The number of halogens is 1. The summed E-state index contributed by atoms with van der Waals surface area (Å²) in [6.45, 7) is 13.4. The van der Waals surface area contributed by atoms with Crippen LogP contribution in [-0.4, -0.2) is 64.8 Å². The molecule has 1 rings (SSSR count). The second kappa shape index (κ2) is 9.21. The van der Waals surface area contributed by atoms with E-state index in [0.29, 0.717) is 5.25 Å². The normalized spacial score (nSPS) is 19.4. The predicted molar refractivity (Wildman–Crippen MR) is 87.1 cm³/mol. The van der Waals surface area contributed by atoms with Gasteiger partial charge in [-0.3, -0.25) is 4.99 Å². The van der Waals surface area contributed by atoms with Gasteiger partial charge in [-0.2, -0.15) is 0 Å². The van der Waals surface area contributed by atoms with Crippen molar-refractivity contribution in [2.24, 2.45) is 4.99 Å². The molecular weight excluding hydrogens is 310 g/mol. The zero-order valence-corrected chi connectivity index (χ0v) is 14.3. The Morgan fingerprint density at radius 1 is 1.22 bits per heavy atom. The van der Waals surface area contributed by atoms with Crippen molar-refractivity contribution in [2.75, 3.05) is 44.6 Å². The van der Waals surface area contributed by atoms with Gasteiger partial charge in [-0.05, 0) is 33.0 Å². The smallest absolute Gasteiger partial charge is 0.159 e. The third-order valence-electron chi connectivity index (χ3n) is 3.32. The van der Waals surface area contributed by atoms with Gasteiger partial charge in [0.25, 0.3) is 0 Å². The van der Waals surface area contributed by atoms with Crippen molar-refractivity contribution in [1.82, 2.24) is 9.80 Å². The lowest BCUT2D eigenvalue weighted by Gasteiger charge is -2.24. The molecule has 0 amide bonds. The van der Waals surface area contributed by atoms with Crippen LogP contribution in [0.1, 0.15) is 27.2 Å². The monoisotopic (exact) mass is 335 g/mol. The molecule has 0 aromatic rings. The molecule has 1 aliphatic heterocycles. The van der Waals surface area contributed by atoms with Crippen LogP contribution in [0.2, 0.25) is 0 Å². The lowest BCUT2D eigenvalue weighted by molar-refractivity contribution is 0.284. The van der Waals surface area contributed by atoms with Gasteiger partial charge >= 0.3 is 0 Å². The number of thioether (sulfide) groups is 1. The van der Waals surface area contributed by atoms with E-state index in [0.717, 1.165) is 38.1 Å². The van der Waals surface area contributed by atoms with Gasteiger partial charge in [0, 0.05) is 23.7 Å². The van der Waals surface area contributed by atoms with Crippen LogP contribution in [-0.2, 0) is 0 Å². The summed E-state index contributed by atoms with van der Waals surface area (Å²) >= 11 is 5.47. The number of aliphatic imine (C=N–C) groups is 1. The van der Waals surface area contributed by atoms with Gasteiger partial charge in [-0.1, -0.05) is 41.5 Å². The summed E-state index contributed by atoms with van der Waals surface area (Å²) in [5.41, 5.74) is 0. The molecule has 1 atom stereocenters. The Morgan fingerprint density at radius 2 is 1.94 bits per heavy atom. The van der Waals surface area contributed by atoms with Crippen LogP contribution in [0.4, 0.5) is 0 Å². The molecule has 1 aliphatic rings. The van der Waals surface area contributed by atoms with Crippen molar-refractivity contribution in [1.29, 1.82) is 0 Å². The van der Waals surface area contributed by atoms with E-state index in [2.05, 4.69) is 51.5 Å². The van der Waals surface area contributed by atoms with E-state index < -0.39 is 0 Å². The van der Waals surface area contributed by atoms with E-state index in [4.69, 9.17) is 0 Å². The number of hydrogen-bond donors (Lipinski definition) is 0. The highest BCUT2D eigenvalue weighted by molar-refractivity contribution is 9.09. The van der Waals surface area contributed by atoms with Gasteiger partial charge in [0.2, 0.25) is 0 Å². The summed E-state index contributed by atoms with van der Waals surface area (Å²) < 4.78 is 0. The summed E-state index contributed by atoms with van der Waals surface area (Å²) in [6.07, 6.45) is 1.23. The van der Waals surface area contributed by atoms with E-state index >= 15 is 0 Å². The molecule has 3 nitrogen and oxygen atoms in total. The molecule has 0 saturated carbocycles. The molecule has 106 valence electrons. The van der Waals surface area contributed by atoms with Crippen molar-refractivity contribution in [2.45, 2.75) is 32.4 Å². The third kappa shape index (κ3) is 5.10. The van der Waals surface area contributed by atoms with Gasteiger partial charge in [-0.25, -0.2) is 0 Å². The second-order valence-corrected chi connectivity index (χ2v) is 6.39. The Hall–Kier alpha value is 0.260. The number of hydrogen-bond acceptors (Lipinski definition) is 4. The molecule has 5 heteroatoms. The first-order valence-corrected chi connectivity index (χ1v) is 8.99. The van der Waals surface area contributed by atoms with E-state index in [1.165, 1.54) is 18.1 Å². The highest BCUT2D eigenvalue weighted by Crippen LogP contribution is 2.24. The summed E-state index contributed by atoms with van der Waals surface area (Å²) in [5, 5.41) is 2.93. The van der Waals surface area contributed by atoms with Crippen molar-refractivity contribution in [3.63, 3.8) is 0 Å². The fourth-order valence-electron chi connectivity index (χ4n) is 2.07. The van der Waals surface area contributed by atoms with Gasteiger partial charge in [0.1, 0.15) is 0 Å². The molecule has 0 N–H and O–H groups in total. The number of alkyl halides is 1. The van der Waals surface area contributed by atoms with Crippen molar-refractivity contribution in [3.8, 4) is 0 Å². The first-order valence-electron chi connectivity index (χ1n) is 6.99. The van der Waals surface area contributed by atoms with Crippen molar-refractivity contribution in [3.05, 3.63) is 0 Å². The SMILES string of the molecule is CCN(CC)CCCN(CC)C1=NCC(CBr)S1. The Morgan fingerprint density at radius 3 is 2.44 bits per heavy atom. The Labute approximate surface area is 125 Å². The maximum Gasteiger partial charge on any atom is 0.159 e. The second-order valence-electron chi connectivity index (χ2n) is 4.48. The summed E-state index contributed by atoms with van der Waals surface area (Å²) in [7, 11) is 0. The minimum Gasteiger partial charge on any atom is -0.352 e. The third-order valence-corrected chi connectivity index (χ3v) is 5.78. The molecule has 0 aromatic carbocycles. The molecule has 1 unspecified atom stereocenters. The maximum absolute atomic E-state index is 4.66. The molecule has 0 spiro atoms. The van der Waals surface area contributed by atoms with Gasteiger partial charge in [0.05, 0.1) is 6.54 Å². The predicted octanol–water partition coefficient (Wildman–Crippen LogP) is 2.91. The first kappa shape index (κ1) is 16.3. The molecule has 18 heavy (non-hydrogen) atoms. The zero-order chi connectivity index (χ0) is 13.4. The van der Waals surface area contributed by atoms with E-state index in [1.807, 2.05) is 11.8 Å². The molecule has 0 aromatic heterocycles. The standard InChI is InChI=1S/C13H26BrN3S/c1-4-16(5-2)8-7-9-17(6-3)13-15-11-12(10-14)18-13/h12H,4-11H2,1-3H3. The van der Waals surface area contributed by atoms with E-state index in [9.17, 15) is 0 Å². The molecule has 0 aliphatic carbocycles. The van der Waals surface area contributed by atoms with Crippen molar-refractivity contribution >= 4 is 32.9 Å². The fraction of sp³-hybridized carbons (Fsp3) is 0.923.